The second kappa shape index (κ2) is 11.1. The Morgan fingerprint density at radius 2 is 1.90 bits per heavy atom. The van der Waals surface area contributed by atoms with Crippen molar-refractivity contribution in [1.82, 2.24) is 20.0 Å². The molecule has 0 unspecified atom stereocenters. The largest absolute Gasteiger partial charge is 0.416 e. The normalized spacial score (nSPS) is 19.5. The predicted octanol–water partition coefficient (Wildman–Crippen LogP) is 4.68. The van der Waals surface area contributed by atoms with Gasteiger partial charge in [0.2, 0.25) is 5.91 Å². The molecular weight excluding hydrogens is 586 g/mol. The smallest absolute Gasteiger partial charge is 0.369 e. The number of alkyl halides is 6. The SMILES string of the molecule is CN(C1=NC(=O)C(=C(Cc2ccc(C(F)(F)F)cc2C(F)(F)F)c2ccc3[nH]ncc3c2)S1)[C@@H]1CCN(CC(N)=O)C1. The van der Waals surface area contributed by atoms with Gasteiger partial charge in [-0.1, -0.05) is 12.1 Å². The Kier molecular flexibility index (Phi) is 7.83. The standard InChI is InChI=1S/C27H24F6N6O2S/c1-38(18-6-7-39(12-18)13-22(34)40)25-36-24(41)23(42-25)19(14-3-5-21-16(8-14)11-35-37-21)9-15-2-4-17(26(28,29)30)10-20(15)27(31,32)33/h2-5,8,10-11,18H,6-7,9,12-13H2,1H3,(H2,34,40)(H,35,37)/t18-/m1/s1. The molecule has 0 aliphatic carbocycles. The molecule has 0 bridgehead atoms. The van der Waals surface area contributed by atoms with E-state index in [4.69, 9.17) is 5.73 Å². The summed E-state index contributed by atoms with van der Waals surface area (Å²) in [4.78, 5) is 32.4. The second-order valence-corrected chi connectivity index (χ2v) is 11.1. The molecule has 2 aliphatic heterocycles. The number of aromatic nitrogens is 2. The molecule has 2 aliphatic rings. The van der Waals surface area contributed by atoms with Gasteiger partial charge >= 0.3 is 12.4 Å². The van der Waals surface area contributed by atoms with Crippen LogP contribution < -0.4 is 5.73 Å². The monoisotopic (exact) mass is 610 g/mol. The van der Waals surface area contributed by atoms with Gasteiger partial charge in [0.05, 0.1) is 34.3 Å². The Balaban J connectivity index is 1.53. The fraction of sp³-hybridized carbons (Fsp3) is 0.333. The number of halogens is 6. The van der Waals surface area contributed by atoms with Gasteiger partial charge < -0.3 is 10.6 Å². The van der Waals surface area contributed by atoms with Gasteiger partial charge in [-0.25, -0.2) is 0 Å². The van der Waals surface area contributed by atoms with Crippen LogP contribution in [0.4, 0.5) is 26.3 Å². The number of aromatic amines is 1. The summed E-state index contributed by atoms with van der Waals surface area (Å²) in [6.07, 6.45) is -8.34. The first-order valence-electron chi connectivity index (χ1n) is 12.7. The van der Waals surface area contributed by atoms with Gasteiger partial charge in [-0.05, 0) is 65.6 Å². The number of hydrogen-bond acceptors (Lipinski definition) is 6. The number of fused-ring (bicyclic) bond motifs is 1. The van der Waals surface area contributed by atoms with E-state index >= 15 is 0 Å². The van der Waals surface area contributed by atoms with E-state index in [1.807, 2.05) is 4.90 Å². The summed E-state index contributed by atoms with van der Waals surface area (Å²) < 4.78 is 81.9. The lowest BCUT2D eigenvalue weighted by Crippen LogP contribution is -2.39. The third kappa shape index (κ3) is 6.16. The number of aliphatic imine (C=N–C) groups is 1. The van der Waals surface area contributed by atoms with Crippen LogP contribution in [-0.4, -0.2) is 69.7 Å². The number of likely N-dealkylation sites (N-methyl/N-ethyl adjacent to an activating group) is 1. The highest BCUT2D eigenvalue weighted by Crippen LogP contribution is 2.42. The van der Waals surface area contributed by atoms with Crippen molar-refractivity contribution in [1.29, 1.82) is 0 Å². The number of allylic oxidation sites excluding steroid dienone is 1. The molecule has 1 fully saturated rings. The number of rotatable bonds is 6. The Morgan fingerprint density at radius 1 is 1.14 bits per heavy atom. The predicted molar refractivity (Wildman–Crippen MR) is 145 cm³/mol. The van der Waals surface area contributed by atoms with E-state index in [9.17, 15) is 35.9 Å². The van der Waals surface area contributed by atoms with E-state index in [2.05, 4.69) is 15.2 Å². The van der Waals surface area contributed by atoms with E-state index in [-0.39, 0.29) is 29.1 Å². The molecule has 0 spiro atoms. The topological polar surface area (TPSA) is 108 Å². The molecule has 0 radical (unpaired) electrons. The van der Waals surface area contributed by atoms with Crippen LogP contribution in [0.2, 0.25) is 0 Å². The molecule has 1 saturated heterocycles. The van der Waals surface area contributed by atoms with Crippen molar-refractivity contribution < 1.29 is 35.9 Å². The highest BCUT2D eigenvalue weighted by Gasteiger charge is 2.39. The van der Waals surface area contributed by atoms with Crippen molar-refractivity contribution in [2.75, 3.05) is 26.7 Å². The summed E-state index contributed by atoms with van der Waals surface area (Å²) in [5.74, 6) is -1.14. The number of nitrogens with zero attached hydrogens (tertiary/aromatic N) is 4. The zero-order chi connectivity index (χ0) is 30.4. The third-order valence-corrected chi connectivity index (χ3v) is 8.42. The van der Waals surface area contributed by atoms with Gasteiger partial charge in [-0.15, -0.1) is 0 Å². The van der Waals surface area contributed by atoms with Crippen LogP contribution >= 0.6 is 11.8 Å². The number of amides is 2. The van der Waals surface area contributed by atoms with Crippen LogP contribution in [0.5, 0.6) is 0 Å². The van der Waals surface area contributed by atoms with Crippen LogP contribution in [-0.2, 0) is 28.4 Å². The molecule has 0 saturated carbocycles. The van der Waals surface area contributed by atoms with Crippen molar-refractivity contribution in [3.8, 4) is 0 Å². The number of nitrogens with one attached hydrogen (secondary N) is 1. The molecule has 222 valence electrons. The minimum atomic E-state index is -5.07. The van der Waals surface area contributed by atoms with Crippen LogP contribution in [0.1, 0.15) is 28.7 Å². The number of H-pyrrole nitrogens is 1. The molecule has 2 amide bonds. The molecule has 8 nitrogen and oxygen atoms in total. The molecule has 3 aromatic rings. The van der Waals surface area contributed by atoms with Crippen molar-refractivity contribution in [2.45, 2.75) is 31.2 Å². The molecule has 15 heteroatoms. The van der Waals surface area contributed by atoms with E-state index in [0.29, 0.717) is 47.2 Å². The molecular formula is C27H24F6N6O2S. The molecule has 1 atom stereocenters. The van der Waals surface area contributed by atoms with Crippen LogP contribution in [0.3, 0.4) is 0 Å². The molecule has 3 N–H and O–H groups in total. The summed E-state index contributed by atoms with van der Waals surface area (Å²) in [5.41, 5.74) is 3.26. The maximum atomic E-state index is 14.0. The molecule has 2 aromatic carbocycles. The number of nitrogens with two attached hydrogens (primary N) is 1. The number of amidine groups is 1. The fourth-order valence-corrected chi connectivity index (χ4v) is 6.14. The van der Waals surface area contributed by atoms with Crippen molar-refractivity contribution in [2.24, 2.45) is 10.7 Å². The highest BCUT2D eigenvalue weighted by molar-refractivity contribution is 8.18. The van der Waals surface area contributed by atoms with Crippen LogP contribution in [0.25, 0.3) is 16.5 Å². The van der Waals surface area contributed by atoms with Crippen molar-refractivity contribution in [3.05, 3.63) is 69.8 Å². The number of primary amides is 1. The maximum absolute atomic E-state index is 14.0. The number of hydrogen-bond donors (Lipinski definition) is 2. The molecule has 1 aromatic heterocycles. The zero-order valence-electron chi connectivity index (χ0n) is 22.0. The number of carbonyl (C=O) groups is 2. The lowest BCUT2D eigenvalue weighted by molar-refractivity contribution is -0.143. The minimum Gasteiger partial charge on any atom is -0.369 e. The Hall–Kier alpha value is -3.85. The first-order chi connectivity index (χ1) is 19.7. The molecule has 3 heterocycles. The van der Waals surface area contributed by atoms with Gasteiger partial charge in [-0.2, -0.15) is 36.4 Å². The van der Waals surface area contributed by atoms with E-state index in [1.54, 1.807) is 30.1 Å². The van der Waals surface area contributed by atoms with Crippen molar-refractivity contribution >= 4 is 45.2 Å². The quantitative estimate of drug-likeness (QED) is 0.310. The summed E-state index contributed by atoms with van der Waals surface area (Å²) in [6.45, 7) is 1.19. The average Bonchev–Trinajstić information content (AvgIpc) is 3.65. The van der Waals surface area contributed by atoms with Crippen LogP contribution in [0, 0.1) is 0 Å². The first kappa shape index (κ1) is 29.6. The number of thioether (sulfide) groups is 1. The highest BCUT2D eigenvalue weighted by atomic mass is 32.2. The second-order valence-electron chi connectivity index (χ2n) is 10.1. The Bertz CT molecular complexity index is 1610. The lowest BCUT2D eigenvalue weighted by atomic mass is 9.92. The molecule has 42 heavy (non-hydrogen) atoms. The summed E-state index contributed by atoms with van der Waals surface area (Å²) >= 11 is 0.990. The van der Waals surface area contributed by atoms with Gasteiger partial charge in [0.15, 0.2) is 5.17 Å². The fourth-order valence-electron chi connectivity index (χ4n) is 5.09. The van der Waals surface area contributed by atoms with Crippen LogP contribution in [0.15, 0.2) is 52.5 Å². The van der Waals surface area contributed by atoms with Gasteiger partial charge in [0.1, 0.15) is 0 Å². The Labute approximate surface area is 239 Å². The number of likely N-dealkylation sites (tertiary alicyclic amines) is 1. The average molecular weight is 611 g/mol. The van der Waals surface area contributed by atoms with E-state index < -0.39 is 47.3 Å². The minimum absolute atomic E-state index is 0.0692. The summed E-state index contributed by atoms with van der Waals surface area (Å²) in [5, 5.41) is 7.68. The Morgan fingerprint density at radius 3 is 2.60 bits per heavy atom. The maximum Gasteiger partial charge on any atom is 0.416 e. The number of benzene rings is 2. The number of carbonyl (C=O) groups excluding carboxylic acids is 2. The third-order valence-electron chi connectivity index (χ3n) is 7.23. The van der Waals surface area contributed by atoms with E-state index in [1.165, 1.54) is 6.20 Å². The van der Waals surface area contributed by atoms with Gasteiger partial charge in [-0.3, -0.25) is 19.6 Å². The molecule has 5 rings (SSSR count). The zero-order valence-corrected chi connectivity index (χ0v) is 22.8. The summed E-state index contributed by atoms with van der Waals surface area (Å²) in [7, 11) is 1.73. The van der Waals surface area contributed by atoms with Gasteiger partial charge in [0, 0.05) is 31.6 Å². The first-order valence-corrected chi connectivity index (χ1v) is 13.5. The van der Waals surface area contributed by atoms with Gasteiger partial charge in [0.25, 0.3) is 5.91 Å². The lowest BCUT2D eigenvalue weighted by Gasteiger charge is -2.25. The van der Waals surface area contributed by atoms with E-state index in [0.717, 1.165) is 17.8 Å². The van der Waals surface area contributed by atoms with Crippen molar-refractivity contribution in [3.63, 3.8) is 0 Å². The summed E-state index contributed by atoms with van der Waals surface area (Å²) in [6, 6.07) is 6.30.